The Labute approximate surface area is 111 Å². The minimum Gasteiger partial charge on any atom is -0.376 e. The molecule has 0 amide bonds. The SMILES string of the molecule is CO[C@H]1OC[C@](O)(C(C)=O)[C@](O)(C(C)=O)[C@]1(F)Br. The van der Waals surface area contributed by atoms with Gasteiger partial charge in [0.2, 0.25) is 11.9 Å². The van der Waals surface area contributed by atoms with Crippen LogP contribution in [0.3, 0.4) is 0 Å². The zero-order valence-corrected chi connectivity index (χ0v) is 11.7. The van der Waals surface area contributed by atoms with Crippen LogP contribution >= 0.6 is 15.9 Å². The van der Waals surface area contributed by atoms with Gasteiger partial charge in [0.1, 0.15) is 0 Å². The summed E-state index contributed by atoms with van der Waals surface area (Å²) in [6.07, 6.45) is -1.65. The second-order valence-electron chi connectivity index (χ2n) is 4.18. The first kappa shape index (κ1) is 15.6. The van der Waals surface area contributed by atoms with Crippen molar-refractivity contribution in [2.45, 2.75) is 35.9 Å². The quantitative estimate of drug-likeness (QED) is 0.690. The van der Waals surface area contributed by atoms with Crippen LogP contribution in [0.25, 0.3) is 0 Å². The van der Waals surface area contributed by atoms with Crippen molar-refractivity contribution in [3.05, 3.63) is 0 Å². The molecule has 8 heteroatoms. The van der Waals surface area contributed by atoms with Crippen molar-refractivity contribution in [1.29, 1.82) is 0 Å². The monoisotopic (exact) mass is 328 g/mol. The van der Waals surface area contributed by atoms with E-state index in [-0.39, 0.29) is 0 Å². The first-order valence-electron chi connectivity index (χ1n) is 5.04. The highest BCUT2D eigenvalue weighted by molar-refractivity contribution is 9.10. The Morgan fingerprint density at radius 2 is 1.89 bits per heavy atom. The van der Waals surface area contributed by atoms with Gasteiger partial charge < -0.3 is 19.7 Å². The van der Waals surface area contributed by atoms with Gasteiger partial charge in [0, 0.05) is 7.11 Å². The lowest BCUT2D eigenvalue weighted by molar-refractivity contribution is -0.304. The van der Waals surface area contributed by atoms with E-state index in [9.17, 15) is 24.2 Å². The second-order valence-corrected chi connectivity index (χ2v) is 5.34. The van der Waals surface area contributed by atoms with Crippen LogP contribution in [0.5, 0.6) is 0 Å². The Morgan fingerprint density at radius 3 is 2.22 bits per heavy atom. The van der Waals surface area contributed by atoms with Gasteiger partial charge in [-0.2, -0.15) is 0 Å². The number of carbonyl (C=O) groups is 2. The van der Waals surface area contributed by atoms with Gasteiger partial charge in [-0.25, -0.2) is 4.39 Å². The van der Waals surface area contributed by atoms with Crippen LogP contribution < -0.4 is 0 Å². The maximum Gasteiger partial charge on any atom is 0.254 e. The van der Waals surface area contributed by atoms with E-state index in [0.717, 1.165) is 21.0 Å². The molecule has 1 rings (SSSR count). The molecule has 1 heterocycles. The molecule has 0 aromatic rings. The standard InChI is InChI=1S/C10H14BrFO6/c1-5(13)8(15)4-18-7(17-3)10(11,12)9(8,16)6(2)14/h7,15-16H,4H2,1-3H3/t7-,8-,9+,10-/m0/s1. The summed E-state index contributed by atoms with van der Waals surface area (Å²) >= 11 is 2.49. The van der Waals surface area contributed by atoms with Crippen molar-refractivity contribution in [1.82, 2.24) is 0 Å². The average Bonchev–Trinajstić information content (AvgIpc) is 2.25. The summed E-state index contributed by atoms with van der Waals surface area (Å²) in [4.78, 5) is 23.0. The fourth-order valence-corrected chi connectivity index (χ4v) is 2.88. The molecule has 0 unspecified atom stereocenters. The number of halogens is 2. The van der Waals surface area contributed by atoms with Crippen LogP contribution in [0.4, 0.5) is 4.39 Å². The molecule has 1 aliphatic rings. The lowest BCUT2D eigenvalue weighted by atomic mass is 9.72. The fraction of sp³-hybridized carbons (Fsp3) is 0.800. The van der Waals surface area contributed by atoms with Crippen LogP contribution in [0, 0.1) is 0 Å². The minimum atomic E-state index is -3.01. The number of carbonyl (C=O) groups excluding carboxylic acids is 2. The van der Waals surface area contributed by atoms with E-state index in [1.54, 1.807) is 0 Å². The Hall–Kier alpha value is -0.410. The average molecular weight is 329 g/mol. The van der Waals surface area contributed by atoms with E-state index in [1.165, 1.54) is 0 Å². The number of ether oxygens (including phenoxy) is 2. The van der Waals surface area contributed by atoms with Crippen LogP contribution in [0.2, 0.25) is 0 Å². The van der Waals surface area contributed by atoms with E-state index in [1.807, 2.05) is 0 Å². The van der Waals surface area contributed by atoms with Gasteiger partial charge in [0.05, 0.1) is 6.61 Å². The van der Waals surface area contributed by atoms with Gasteiger partial charge in [-0.05, 0) is 29.8 Å². The molecule has 2 N–H and O–H groups in total. The van der Waals surface area contributed by atoms with Crippen molar-refractivity contribution in [3.8, 4) is 0 Å². The summed E-state index contributed by atoms with van der Waals surface area (Å²) < 4.78 is 21.1. The molecule has 1 aliphatic heterocycles. The molecule has 0 spiro atoms. The maximum atomic E-state index is 14.6. The third-order valence-corrected chi connectivity index (χ3v) is 4.07. The topological polar surface area (TPSA) is 93.1 Å². The molecule has 6 nitrogen and oxygen atoms in total. The molecular formula is C10H14BrFO6. The van der Waals surface area contributed by atoms with Crippen molar-refractivity contribution in [3.63, 3.8) is 0 Å². The number of ketones is 2. The number of rotatable bonds is 3. The molecule has 1 fully saturated rings. The first-order chi connectivity index (χ1) is 8.05. The summed E-state index contributed by atoms with van der Waals surface area (Å²) in [7, 11) is 1.10. The Balaban J connectivity index is 3.45. The summed E-state index contributed by atoms with van der Waals surface area (Å²) in [6.45, 7) is 1.03. The number of Topliss-reactive ketones (excluding diaryl/α,β-unsaturated/α-hetero) is 2. The van der Waals surface area contributed by atoms with Crippen molar-refractivity contribution < 1.29 is 33.7 Å². The third-order valence-electron chi connectivity index (χ3n) is 3.13. The Morgan fingerprint density at radius 1 is 1.39 bits per heavy atom. The highest BCUT2D eigenvalue weighted by atomic mass is 79.9. The van der Waals surface area contributed by atoms with Gasteiger partial charge in [0.25, 0.3) is 4.58 Å². The molecule has 0 aromatic carbocycles. The largest absolute Gasteiger partial charge is 0.376 e. The van der Waals surface area contributed by atoms with E-state index in [4.69, 9.17) is 4.74 Å². The molecular weight excluding hydrogens is 315 g/mol. The van der Waals surface area contributed by atoms with Crippen LogP contribution in [0.1, 0.15) is 13.8 Å². The first-order valence-corrected chi connectivity index (χ1v) is 5.84. The van der Waals surface area contributed by atoms with Crippen LogP contribution in [-0.2, 0) is 19.1 Å². The van der Waals surface area contributed by atoms with E-state index >= 15 is 0 Å². The Kier molecular flexibility index (Phi) is 4.00. The third kappa shape index (κ3) is 1.75. The summed E-state index contributed by atoms with van der Waals surface area (Å²) in [5.74, 6) is -2.11. The number of hydrogen-bond acceptors (Lipinski definition) is 6. The minimum absolute atomic E-state index is 0.756. The predicted octanol–water partition coefficient (Wildman–Crippen LogP) is -0.310. The zero-order chi connectivity index (χ0) is 14.4. The van der Waals surface area contributed by atoms with E-state index < -0.39 is 40.2 Å². The van der Waals surface area contributed by atoms with Gasteiger partial charge in [-0.3, -0.25) is 9.59 Å². The molecule has 0 bridgehead atoms. The van der Waals surface area contributed by atoms with E-state index in [0.29, 0.717) is 0 Å². The number of aliphatic hydroxyl groups is 2. The lowest BCUT2D eigenvalue weighted by Gasteiger charge is -2.51. The lowest BCUT2D eigenvalue weighted by Crippen LogP contribution is -2.78. The van der Waals surface area contributed by atoms with Gasteiger partial charge in [0.15, 0.2) is 17.2 Å². The van der Waals surface area contributed by atoms with E-state index in [2.05, 4.69) is 20.7 Å². The highest BCUT2D eigenvalue weighted by Crippen LogP contribution is 2.49. The molecule has 0 aliphatic carbocycles. The summed E-state index contributed by atoms with van der Waals surface area (Å²) in [6, 6.07) is 0. The van der Waals surface area contributed by atoms with Crippen molar-refractivity contribution >= 4 is 27.5 Å². The zero-order valence-electron chi connectivity index (χ0n) is 10.1. The van der Waals surface area contributed by atoms with Crippen molar-refractivity contribution in [2.24, 2.45) is 0 Å². The molecule has 104 valence electrons. The van der Waals surface area contributed by atoms with Gasteiger partial charge in [-0.15, -0.1) is 0 Å². The molecule has 18 heavy (non-hydrogen) atoms. The normalized spacial score (nSPS) is 44.7. The van der Waals surface area contributed by atoms with Crippen LogP contribution in [-0.4, -0.2) is 57.6 Å². The molecule has 4 atom stereocenters. The van der Waals surface area contributed by atoms with Crippen molar-refractivity contribution in [2.75, 3.05) is 13.7 Å². The highest BCUT2D eigenvalue weighted by Gasteiger charge is 2.74. The Bertz CT molecular complexity index is 387. The maximum absolute atomic E-state index is 14.6. The molecule has 1 saturated heterocycles. The van der Waals surface area contributed by atoms with Crippen LogP contribution in [0.15, 0.2) is 0 Å². The fourth-order valence-electron chi connectivity index (χ4n) is 1.95. The molecule has 0 aromatic heterocycles. The smallest absolute Gasteiger partial charge is 0.254 e. The van der Waals surface area contributed by atoms with Gasteiger partial charge >= 0.3 is 0 Å². The van der Waals surface area contributed by atoms with Gasteiger partial charge in [-0.1, -0.05) is 0 Å². The number of alkyl halides is 2. The number of hydrogen-bond donors (Lipinski definition) is 2. The predicted molar refractivity (Wildman–Crippen MR) is 60.8 cm³/mol. The summed E-state index contributed by atoms with van der Waals surface area (Å²) in [5, 5.41) is 20.4. The molecule has 0 saturated carbocycles. The molecule has 0 radical (unpaired) electrons. The number of methoxy groups -OCH3 is 1. The second kappa shape index (κ2) is 4.61. The summed E-state index contributed by atoms with van der Waals surface area (Å²) in [5.41, 5.74) is -5.70.